The van der Waals surface area contributed by atoms with Gasteiger partial charge in [0.15, 0.2) is 0 Å². The molecule has 0 fully saturated rings. The van der Waals surface area contributed by atoms with Gasteiger partial charge in [-0.2, -0.15) is 5.10 Å². The lowest BCUT2D eigenvalue weighted by molar-refractivity contribution is -0.385. The summed E-state index contributed by atoms with van der Waals surface area (Å²) in [5.74, 6) is 0. The van der Waals surface area contributed by atoms with Gasteiger partial charge in [0.25, 0.3) is 5.69 Å². The summed E-state index contributed by atoms with van der Waals surface area (Å²) in [5.41, 5.74) is 3.79. The van der Waals surface area contributed by atoms with E-state index in [9.17, 15) is 10.1 Å². The smallest absolute Gasteiger partial charge is 0.258 e. The van der Waals surface area contributed by atoms with E-state index >= 15 is 0 Å². The molecule has 0 aliphatic heterocycles. The SMILES string of the molecule is Cc1cc2c(cc1[N+](=O)[O-])c(Br)nn2C(c1ccccc1)(c1ccccc1)c1ccccc1. The van der Waals surface area contributed by atoms with E-state index in [4.69, 9.17) is 5.10 Å². The topological polar surface area (TPSA) is 61.0 Å². The van der Waals surface area contributed by atoms with E-state index in [0.29, 0.717) is 15.6 Å². The number of halogens is 1. The second-order valence-corrected chi connectivity index (χ2v) is 8.68. The zero-order valence-electron chi connectivity index (χ0n) is 17.9. The Kier molecular flexibility index (Phi) is 5.30. The largest absolute Gasteiger partial charge is 0.273 e. The van der Waals surface area contributed by atoms with E-state index in [1.54, 1.807) is 13.0 Å². The molecule has 1 heterocycles. The maximum Gasteiger partial charge on any atom is 0.273 e. The zero-order valence-corrected chi connectivity index (χ0v) is 19.4. The summed E-state index contributed by atoms with van der Waals surface area (Å²) in [6.45, 7) is 1.76. The van der Waals surface area contributed by atoms with Gasteiger partial charge in [-0.25, -0.2) is 4.68 Å². The van der Waals surface area contributed by atoms with Crippen molar-refractivity contribution in [3.05, 3.63) is 140 Å². The lowest BCUT2D eigenvalue weighted by Crippen LogP contribution is -2.38. The normalized spacial score (nSPS) is 11.6. The molecule has 0 unspecified atom stereocenters. The first kappa shape index (κ1) is 21.1. The molecule has 0 aliphatic rings. The third-order valence-corrected chi connectivity index (χ3v) is 6.63. The van der Waals surface area contributed by atoms with Gasteiger partial charge in [-0.15, -0.1) is 0 Å². The third kappa shape index (κ3) is 3.34. The first-order valence-corrected chi connectivity index (χ1v) is 11.3. The number of aromatic nitrogens is 2. The van der Waals surface area contributed by atoms with E-state index in [1.807, 2.05) is 65.3 Å². The lowest BCUT2D eigenvalue weighted by Gasteiger charge is -2.37. The van der Waals surface area contributed by atoms with Crippen molar-refractivity contribution in [3.63, 3.8) is 0 Å². The van der Waals surface area contributed by atoms with E-state index in [2.05, 4.69) is 52.3 Å². The summed E-state index contributed by atoms with van der Waals surface area (Å²) < 4.78 is 2.55. The second kappa shape index (κ2) is 8.30. The summed E-state index contributed by atoms with van der Waals surface area (Å²) in [6, 6.07) is 34.1. The van der Waals surface area contributed by atoms with Gasteiger partial charge in [-0.3, -0.25) is 10.1 Å². The Morgan fingerprint density at radius 2 is 1.27 bits per heavy atom. The van der Waals surface area contributed by atoms with Crippen molar-refractivity contribution in [3.8, 4) is 0 Å². The molecule has 4 aromatic carbocycles. The van der Waals surface area contributed by atoms with E-state index in [0.717, 1.165) is 22.2 Å². The molecule has 0 aliphatic carbocycles. The number of nitrogens with zero attached hydrogens (tertiary/aromatic N) is 3. The molecule has 1 aromatic heterocycles. The Morgan fingerprint density at radius 3 is 1.70 bits per heavy atom. The van der Waals surface area contributed by atoms with Crippen LogP contribution >= 0.6 is 15.9 Å². The van der Waals surface area contributed by atoms with Crippen LogP contribution in [0.4, 0.5) is 5.69 Å². The van der Waals surface area contributed by atoms with E-state index in [-0.39, 0.29) is 10.6 Å². The van der Waals surface area contributed by atoms with Gasteiger partial charge in [0.1, 0.15) is 10.1 Å². The molecule has 6 heteroatoms. The zero-order chi connectivity index (χ0) is 23.0. The van der Waals surface area contributed by atoms with Crippen LogP contribution < -0.4 is 0 Å². The van der Waals surface area contributed by atoms with Crippen molar-refractivity contribution in [2.75, 3.05) is 0 Å². The predicted octanol–water partition coefficient (Wildman–Crippen LogP) is 6.86. The highest BCUT2D eigenvalue weighted by molar-refractivity contribution is 9.10. The average molecular weight is 498 g/mol. The first-order chi connectivity index (χ1) is 16.0. The highest BCUT2D eigenvalue weighted by Gasteiger charge is 2.41. The van der Waals surface area contributed by atoms with Crippen molar-refractivity contribution < 1.29 is 4.92 Å². The fourth-order valence-corrected chi connectivity index (χ4v) is 5.05. The van der Waals surface area contributed by atoms with E-state index < -0.39 is 5.54 Å². The molecular formula is C27H20BrN3O2. The Balaban J connectivity index is 1.97. The van der Waals surface area contributed by atoms with Gasteiger partial charge in [-0.1, -0.05) is 91.0 Å². The molecule has 0 bridgehead atoms. The maximum absolute atomic E-state index is 11.6. The number of nitro benzene ring substituents is 1. The third-order valence-electron chi connectivity index (χ3n) is 6.04. The fourth-order valence-electron chi connectivity index (χ4n) is 4.57. The standard InChI is InChI=1S/C27H20BrN3O2/c1-19-17-25-23(18-24(19)31(32)33)26(28)29-30(25)27(20-11-5-2-6-12-20,21-13-7-3-8-14-21)22-15-9-4-10-16-22/h2-18H,1H3. The van der Waals surface area contributed by atoms with Gasteiger partial charge in [0.05, 0.1) is 10.4 Å². The van der Waals surface area contributed by atoms with Crippen LogP contribution in [0.1, 0.15) is 22.3 Å². The summed E-state index contributed by atoms with van der Waals surface area (Å²) in [6.07, 6.45) is 0. The van der Waals surface area contributed by atoms with Gasteiger partial charge in [0.2, 0.25) is 0 Å². The summed E-state index contributed by atoms with van der Waals surface area (Å²) in [7, 11) is 0. The van der Waals surface area contributed by atoms with E-state index in [1.165, 1.54) is 0 Å². The summed E-state index contributed by atoms with van der Waals surface area (Å²) in [4.78, 5) is 11.3. The predicted molar refractivity (Wildman–Crippen MR) is 133 cm³/mol. The van der Waals surface area contributed by atoms with Crippen LogP contribution in [0.2, 0.25) is 0 Å². The first-order valence-electron chi connectivity index (χ1n) is 10.5. The van der Waals surface area contributed by atoms with Crippen molar-refractivity contribution in [1.82, 2.24) is 9.78 Å². The molecule has 0 saturated heterocycles. The Bertz CT molecular complexity index is 1350. The molecule has 5 aromatic rings. The number of fused-ring (bicyclic) bond motifs is 1. The fraction of sp³-hybridized carbons (Fsp3) is 0.0741. The number of aryl methyl sites for hydroxylation is 1. The molecule has 0 amide bonds. The molecule has 5 nitrogen and oxygen atoms in total. The van der Waals surface area contributed by atoms with Crippen LogP contribution in [0.25, 0.3) is 10.9 Å². The molecular weight excluding hydrogens is 478 g/mol. The minimum Gasteiger partial charge on any atom is -0.258 e. The molecule has 0 N–H and O–H groups in total. The van der Waals surface area contributed by atoms with Gasteiger partial charge in [0, 0.05) is 17.0 Å². The quantitative estimate of drug-likeness (QED) is 0.151. The number of rotatable bonds is 5. The molecule has 162 valence electrons. The van der Waals surface area contributed by atoms with Crippen LogP contribution in [-0.2, 0) is 5.54 Å². The van der Waals surface area contributed by atoms with Crippen LogP contribution in [0.3, 0.4) is 0 Å². The maximum atomic E-state index is 11.6. The van der Waals surface area contributed by atoms with Crippen LogP contribution in [0.15, 0.2) is 108 Å². The lowest BCUT2D eigenvalue weighted by atomic mass is 9.77. The van der Waals surface area contributed by atoms with Crippen molar-refractivity contribution >= 4 is 32.5 Å². The average Bonchev–Trinajstić information content (AvgIpc) is 3.16. The van der Waals surface area contributed by atoms with Gasteiger partial charge in [-0.05, 0) is 45.6 Å². The Labute approximate surface area is 199 Å². The highest BCUT2D eigenvalue weighted by atomic mass is 79.9. The Morgan fingerprint density at radius 1 is 0.818 bits per heavy atom. The summed E-state index contributed by atoms with van der Waals surface area (Å²) in [5, 5.41) is 17.2. The van der Waals surface area contributed by atoms with Crippen molar-refractivity contribution in [2.45, 2.75) is 12.5 Å². The monoisotopic (exact) mass is 497 g/mol. The number of nitro groups is 1. The second-order valence-electron chi connectivity index (χ2n) is 7.92. The van der Waals surface area contributed by atoms with Gasteiger partial charge >= 0.3 is 0 Å². The van der Waals surface area contributed by atoms with Crippen LogP contribution in [0, 0.1) is 17.0 Å². The molecule has 0 saturated carbocycles. The van der Waals surface area contributed by atoms with Crippen LogP contribution in [0.5, 0.6) is 0 Å². The minimum atomic E-state index is -0.795. The van der Waals surface area contributed by atoms with Crippen molar-refractivity contribution in [2.24, 2.45) is 0 Å². The van der Waals surface area contributed by atoms with Crippen LogP contribution in [-0.4, -0.2) is 14.7 Å². The molecule has 0 atom stereocenters. The summed E-state index contributed by atoms with van der Waals surface area (Å²) >= 11 is 3.58. The van der Waals surface area contributed by atoms with Crippen molar-refractivity contribution in [1.29, 1.82) is 0 Å². The molecule has 5 rings (SSSR count). The number of hydrogen-bond donors (Lipinski definition) is 0. The molecule has 33 heavy (non-hydrogen) atoms. The number of benzene rings is 4. The molecule has 0 spiro atoms. The molecule has 0 radical (unpaired) electrons. The van der Waals surface area contributed by atoms with Gasteiger partial charge < -0.3 is 0 Å². The number of hydrogen-bond acceptors (Lipinski definition) is 3. The minimum absolute atomic E-state index is 0.0764. The Hall–Kier alpha value is -3.77. The highest BCUT2D eigenvalue weighted by Crippen LogP contribution is 2.44.